The third-order valence-electron chi connectivity index (χ3n) is 2.80. The van der Waals surface area contributed by atoms with E-state index >= 15 is 0 Å². The van der Waals surface area contributed by atoms with Gasteiger partial charge in [-0.15, -0.1) is 0 Å². The lowest BCUT2D eigenvalue weighted by Crippen LogP contribution is -2.04. The van der Waals surface area contributed by atoms with Crippen molar-refractivity contribution in [3.8, 4) is 5.75 Å². The van der Waals surface area contributed by atoms with Crippen LogP contribution in [0.5, 0.6) is 5.75 Å². The van der Waals surface area contributed by atoms with Crippen LogP contribution in [0.4, 0.5) is 23.0 Å². The maximum atomic E-state index is 5.80. The first-order chi connectivity index (χ1) is 9.70. The number of hydrogen-bond donors (Lipinski definition) is 3. The summed E-state index contributed by atoms with van der Waals surface area (Å²) >= 11 is 0. The Labute approximate surface area is 118 Å². The number of nitrogens with two attached hydrogens (primary N) is 2. The van der Waals surface area contributed by atoms with Crippen molar-refractivity contribution >= 4 is 23.0 Å². The van der Waals surface area contributed by atoms with Crippen molar-refractivity contribution in [3.63, 3.8) is 0 Å². The zero-order chi connectivity index (χ0) is 14.4. The minimum absolute atomic E-state index is 0.266. The number of hydrogen-bond acceptors (Lipinski definition) is 6. The molecule has 2 aromatic rings. The maximum absolute atomic E-state index is 5.80. The molecule has 0 aliphatic carbocycles. The molecule has 0 saturated heterocycles. The quantitative estimate of drug-likeness (QED) is 0.699. The largest absolute Gasteiger partial charge is 0.494 e. The first kappa shape index (κ1) is 13.9. The smallest absolute Gasteiger partial charge is 0.159 e. The third-order valence-corrected chi connectivity index (χ3v) is 2.80. The molecule has 0 bridgehead atoms. The summed E-state index contributed by atoms with van der Waals surface area (Å²) in [5, 5.41) is 3.10. The molecule has 6 nitrogen and oxygen atoms in total. The number of ether oxygens (including phenoxy) is 1. The number of nitrogens with one attached hydrogen (secondary N) is 1. The van der Waals surface area contributed by atoms with Crippen molar-refractivity contribution in [3.05, 3.63) is 30.6 Å². The lowest BCUT2D eigenvalue weighted by Gasteiger charge is -2.10. The van der Waals surface area contributed by atoms with Crippen LogP contribution >= 0.6 is 0 Å². The number of unbranched alkanes of at least 4 members (excludes halogenated alkanes) is 1. The van der Waals surface area contributed by atoms with Crippen molar-refractivity contribution in [1.29, 1.82) is 0 Å². The fourth-order valence-electron chi connectivity index (χ4n) is 1.61. The average Bonchev–Trinajstić information content (AvgIpc) is 2.46. The average molecular weight is 273 g/mol. The number of rotatable bonds is 6. The predicted octanol–water partition coefficient (Wildman–Crippen LogP) is 2.56. The Bertz CT molecular complexity index is 556. The van der Waals surface area contributed by atoms with E-state index in [4.69, 9.17) is 16.2 Å². The number of nitrogens with zero attached hydrogens (tertiary/aromatic N) is 2. The summed E-state index contributed by atoms with van der Waals surface area (Å²) in [6.07, 6.45) is 3.54. The Balaban J connectivity index is 2.01. The van der Waals surface area contributed by atoms with Gasteiger partial charge in [0.2, 0.25) is 0 Å². The van der Waals surface area contributed by atoms with E-state index in [0.717, 1.165) is 30.9 Å². The summed E-state index contributed by atoms with van der Waals surface area (Å²) in [4.78, 5) is 7.88. The van der Waals surface area contributed by atoms with Crippen LogP contribution in [0.2, 0.25) is 0 Å². The summed E-state index contributed by atoms with van der Waals surface area (Å²) in [6.45, 7) is 2.87. The standard InChI is InChI=1S/C14H19N5O/c1-2-3-8-20-11-6-4-10(5-7-11)19-14-12(15)13(16)17-9-18-14/h4-7,9H,2-3,8,15H2,1H3,(H3,16,17,18,19). The van der Waals surface area contributed by atoms with Gasteiger partial charge in [0.05, 0.1) is 6.61 Å². The highest BCUT2D eigenvalue weighted by Crippen LogP contribution is 2.24. The molecule has 0 saturated carbocycles. The van der Waals surface area contributed by atoms with Gasteiger partial charge >= 0.3 is 0 Å². The molecule has 106 valence electrons. The van der Waals surface area contributed by atoms with Gasteiger partial charge in [0.15, 0.2) is 11.6 Å². The highest BCUT2D eigenvalue weighted by molar-refractivity contribution is 5.76. The fourth-order valence-corrected chi connectivity index (χ4v) is 1.61. The van der Waals surface area contributed by atoms with Gasteiger partial charge in [-0.05, 0) is 30.7 Å². The van der Waals surface area contributed by atoms with Crippen LogP contribution in [-0.4, -0.2) is 16.6 Å². The van der Waals surface area contributed by atoms with Gasteiger partial charge < -0.3 is 21.5 Å². The summed E-state index contributed by atoms with van der Waals surface area (Å²) in [5.41, 5.74) is 12.6. The Morgan fingerprint density at radius 1 is 1.15 bits per heavy atom. The van der Waals surface area contributed by atoms with Gasteiger partial charge in [-0.2, -0.15) is 0 Å². The zero-order valence-electron chi connectivity index (χ0n) is 11.5. The first-order valence-corrected chi connectivity index (χ1v) is 6.56. The zero-order valence-corrected chi connectivity index (χ0v) is 11.5. The number of nitrogen functional groups attached to an aromatic ring is 2. The highest BCUT2D eigenvalue weighted by Gasteiger charge is 2.05. The molecule has 0 radical (unpaired) electrons. The lowest BCUT2D eigenvalue weighted by atomic mass is 10.3. The molecule has 0 atom stereocenters. The predicted molar refractivity (Wildman–Crippen MR) is 81.0 cm³/mol. The van der Waals surface area contributed by atoms with E-state index in [1.54, 1.807) is 0 Å². The Kier molecular flexibility index (Phi) is 4.60. The topological polar surface area (TPSA) is 99.1 Å². The van der Waals surface area contributed by atoms with Gasteiger partial charge in [-0.3, -0.25) is 0 Å². The number of anilines is 4. The van der Waals surface area contributed by atoms with E-state index in [2.05, 4.69) is 22.2 Å². The van der Waals surface area contributed by atoms with Crippen LogP contribution in [0, 0.1) is 0 Å². The molecule has 1 aromatic carbocycles. The summed E-state index contributed by atoms with van der Waals surface area (Å²) < 4.78 is 5.60. The van der Waals surface area contributed by atoms with Crippen LogP contribution in [0.1, 0.15) is 19.8 Å². The Morgan fingerprint density at radius 3 is 2.60 bits per heavy atom. The van der Waals surface area contributed by atoms with E-state index in [1.165, 1.54) is 6.33 Å². The second-order valence-corrected chi connectivity index (χ2v) is 4.37. The van der Waals surface area contributed by atoms with Gasteiger partial charge in [0.1, 0.15) is 17.8 Å². The molecule has 0 amide bonds. The number of benzene rings is 1. The number of aromatic nitrogens is 2. The molecular weight excluding hydrogens is 254 g/mol. The normalized spacial score (nSPS) is 10.2. The summed E-state index contributed by atoms with van der Waals surface area (Å²) in [7, 11) is 0. The van der Waals surface area contributed by atoms with Crippen molar-refractivity contribution in [2.45, 2.75) is 19.8 Å². The van der Waals surface area contributed by atoms with Gasteiger partial charge in [-0.1, -0.05) is 13.3 Å². The molecule has 0 aliphatic rings. The third kappa shape index (κ3) is 3.50. The van der Waals surface area contributed by atoms with E-state index < -0.39 is 0 Å². The molecule has 0 spiro atoms. The minimum Gasteiger partial charge on any atom is -0.494 e. The van der Waals surface area contributed by atoms with Gasteiger partial charge in [-0.25, -0.2) is 9.97 Å². The van der Waals surface area contributed by atoms with E-state index in [1.807, 2.05) is 24.3 Å². The highest BCUT2D eigenvalue weighted by atomic mass is 16.5. The molecule has 0 unspecified atom stereocenters. The Hall–Kier alpha value is -2.50. The first-order valence-electron chi connectivity index (χ1n) is 6.56. The molecule has 1 heterocycles. The van der Waals surface area contributed by atoms with Gasteiger partial charge in [0.25, 0.3) is 0 Å². The van der Waals surface area contributed by atoms with Crippen molar-refractivity contribution in [2.24, 2.45) is 0 Å². The summed E-state index contributed by atoms with van der Waals surface area (Å²) in [5.74, 6) is 1.61. The second kappa shape index (κ2) is 6.60. The molecular formula is C14H19N5O. The van der Waals surface area contributed by atoms with E-state index in [9.17, 15) is 0 Å². The monoisotopic (exact) mass is 273 g/mol. The maximum Gasteiger partial charge on any atom is 0.159 e. The van der Waals surface area contributed by atoms with E-state index in [-0.39, 0.29) is 5.82 Å². The molecule has 2 rings (SSSR count). The van der Waals surface area contributed by atoms with Crippen LogP contribution in [0.3, 0.4) is 0 Å². The summed E-state index contributed by atoms with van der Waals surface area (Å²) in [6, 6.07) is 7.61. The fraction of sp³-hybridized carbons (Fsp3) is 0.286. The Morgan fingerprint density at radius 2 is 1.90 bits per heavy atom. The van der Waals surface area contributed by atoms with Crippen molar-refractivity contribution < 1.29 is 4.74 Å². The van der Waals surface area contributed by atoms with Crippen LogP contribution in [0.15, 0.2) is 30.6 Å². The minimum atomic E-state index is 0.266. The molecule has 0 fully saturated rings. The SMILES string of the molecule is CCCCOc1ccc(Nc2ncnc(N)c2N)cc1. The van der Waals surface area contributed by atoms with Crippen molar-refractivity contribution in [1.82, 2.24) is 9.97 Å². The van der Waals surface area contributed by atoms with E-state index in [0.29, 0.717) is 11.5 Å². The second-order valence-electron chi connectivity index (χ2n) is 4.37. The van der Waals surface area contributed by atoms with Gasteiger partial charge in [0, 0.05) is 5.69 Å². The molecule has 6 heteroatoms. The molecule has 20 heavy (non-hydrogen) atoms. The molecule has 1 aromatic heterocycles. The molecule has 0 aliphatic heterocycles. The lowest BCUT2D eigenvalue weighted by molar-refractivity contribution is 0.309. The van der Waals surface area contributed by atoms with Crippen LogP contribution in [-0.2, 0) is 0 Å². The van der Waals surface area contributed by atoms with Crippen LogP contribution < -0.4 is 21.5 Å². The molecule has 5 N–H and O–H groups in total. The van der Waals surface area contributed by atoms with Crippen molar-refractivity contribution in [2.75, 3.05) is 23.4 Å². The van der Waals surface area contributed by atoms with Crippen LogP contribution in [0.25, 0.3) is 0 Å².